The highest BCUT2D eigenvalue weighted by Gasteiger charge is 2.09. The summed E-state index contributed by atoms with van der Waals surface area (Å²) in [7, 11) is 0. The predicted octanol–water partition coefficient (Wildman–Crippen LogP) is 2.53. The summed E-state index contributed by atoms with van der Waals surface area (Å²) < 4.78 is 2.86. The Morgan fingerprint density at radius 3 is 2.73 bits per heavy atom. The molecular formula is C11H11IN2O. The molecule has 0 fully saturated rings. The molecule has 2 aromatic rings. The quantitative estimate of drug-likeness (QED) is 0.865. The third-order valence-corrected chi connectivity index (χ3v) is 2.74. The monoisotopic (exact) mass is 314 g/mol. The fraction of sp³-hybridized carbons (Fsp3) is 0.182. The van der Waals surface area contributed by atoms with Crippen LogP contribution in [0, 0.1) is 3.57 Å². The Labute approximate surface area is 102 Å². The molecule has 4 heteroatoms. The summed E-state index contributed by atoms with van der Waals surface area (Å²) in [4.78, 5) is 0. The lowest BCUT2D eigenvalue weighted by molar-refractivity contribution is 0.199. The van der Waals surface area contributed by atoms with Gasteiger partial charge in [-0.25, -0.2) is 4.68 Å². The van der Waals surface area contributed by atoms with Gasteiger partial charge in [0.1, 0.15) is 0 Å². The summed E-state index contributed by atoms with van der Waals surface area (Å²) in [6.45, 7) is 1.76. The molecule has 1 aromatic heterocycles. The number of halogens is 1. The fourth-order valence-electron chi connectivity index (χ4n) is 1.48. The van der Waals surface area contributed by atoms with Gasteiger partial charge in [0.15, 0.2) is 0 Å². The largest absolute Gasteiger partial charge is 0.389 e. The number of hydrogen-bond donors (Lipinski definition) is 1. The minimum Gasteiger partial charge on any atom is -0.389 e. The number of aromatic nitrogens is 2. The summed E-state index contributed by atoms with van der Waals surface area (Å²) in [5, 5.41) is 13.9. The van der Waals surface area contributed by atoms with Crippen LogP contribution in [0.1, 0.15) is 18.6 Å². The van der Waals surface area contributed by atoms with Crippen LogP contribution in [0.5, 0.6) is 0 Å². The first-order valence-corrected chi connectivity index (χ1v) is 5.74. The molecule has 0 amide bonds. The van der Waals surface area contributed by atoms with Crippen LogP contribution in [0.3, 0.4) is 0 Å². The summed E-state index contributed by atoms with van der Waals surface area (Å²) >= 11 is 2.21. The van der Waals surface area contributed by atoms with Gasteiger partial charge in [0.25, 0.3) is 0 Å². The van der Waals surface area contributed by atoms with Crippen molar-refractivity contribution in [2.24, 2.45) is 0 Å². The van der Waals surface area contributed by atoms with Crippen LogP contribution >= 0.6 is 22.6 Å². The lowest BCUT2D eigenvalue weighted by atomic mass is 10.1. The summed E-state index contributed by atoms with van der Waals surface area (Å²) in [6, 6.07) is 7.72. The maximum atomic E-state index is 9.63. The topological polar surface area (TPSA) is 38.0 Å². The molecule has 0 aliphatic rings. The number of nitrogens with zero attached hydrogens (tertiary/aromatic N) is 2. The van der Waals surface area contributed by atoms with E-state index in [0.29, 0.717) is 0 Å². The van der Waals surface area contributed by atoms with Gasteiger partial charge in [-0.15, -0.1) is 0 Å². The van der Waals surface area contributed by atoms with E-state index in [2.05, 4.69) is 27.7 Å². The van der Waals surface area contributed by atoms with E-state index in [0.717, 1.165) is 14.8 Å². The molecule has 0 saturated heterocycles. The lowest BCUT2D eigenvalue weighted by Crippen LogP contribution is -2.02. The molecule has 78 valence electrons. The van der Waals surface area contributed by atoms with Gasteiger partial charge in [0, 0.05) is 11.8 Å². The van der Waals surface area contributed by atoms with Gasteiger partial charge in [0.05, 0.1) is 21.6 Å². The highest BCUT2D eigenvalue weighted by Crippen LogP contribution is 2.21. The first-order valence-electron chi connectivity index (χ1n) is 4.66. The average molecular weight is 314 g/mol. The van der Waals surface area contributed by atoms with E-state index in [9.17, 15) is 5.11 Å². The first-order chi connectivity index (χ1) is 7.18. The van der Waals surface area contributed by atoms with Gasteiger partial charge in [0.2, 0.25) is 0 Å². The second-order valence-corrected chi connectivity index (χ2v) is 4.58. The molecule has 2 rings (SSSR count). The number of hydrogen-bond acceptors (Lipinski definition) is 2. The van der Waals surface area contributed by atoms with Crippen LogP contribution in [0.25, 0.3) is 5.69 Å². The van der Waals surface area contributed by atoms with Crippen molar-refractivity contribution in [3.8, 4) is 5.69 Å². The molecule has 1 N–H and O–H groups in total. The second-order valence-electron chi connectivity index (χ2n) is 3.34. The molecule has 1 heterocycles. The molecule has 0 spiro atoms. The van der Waals surface area contributed by atoms with Crippen molar-refractivity contribution < 1.29 is 5.11 Å². The molecule has 0 bridgehead atoms. The van der Waals surface area contributed by atoms with Crippen LogP contribution in [0.15, 0.2) is 36.7 Å². The first kappa shape index (κ1) is 10.6. The van der Waals surface area contributed by atoms with Crippen molar-refractivity contribution >= 4 is 22.6 Å². The zero-order valence-corrected chi connectivity index (χ0v) is 10.4. The van der Waals surface area contributed by atoms with E-state index in [1.807, 2.05) is 30.5 Å². The van der Waals surface area contributed by atoms with E-state index in [1.54, 1.807) is 17.8 Å². The third kappa shape index (κ3) is 2.21. The molecule has 1 atom stereocenters. The zero-order chi connectivity index (χ0) is 10.8. The van der Waals surface area contributed by atoms with E-state index in [4.69, 9.17) is 0 Å². The number of rotatable bonds is 2. The minimum absolute atomic E-state index is 0.483. The molecule has 0 saturated carbocycles. The smallest absolute Gasteiger partial charge is 0.0782 e. The van der Waals surface area contributed by atoms with Gasteiger partial charge in [-0.1, -0.05) is 18.2 Å². The highest BCUT2D eigenvalue weighted by molar-refractivity contribution is 14.1. The van der Waals surface area contributed by atoms with E-state index in [1.165, 1.54) is 0 Å². The maximum absolute atomic E-state index is 9.63. The molecule has 0 radical (unpaired) electrons. The molecule has 0 unspecified atom stereocenters. The number of aliphatic hydroxyl groups excluding tert-OH is 1. The van der Waals surface area contributed by atoms with Gasteiger partial charge in [-0.2, -0.15) is 5.10 Å². The molecule has 15 heavy (non-hydrogen) atoms. The molecule has 1 aromatic carbocycles. The van der Waals surface area contributed by atoms with Crippen molar-refractivity contribution in [3.05, 3.63) is 45.8 Å². The molecular weight excluding hydrogens is 303 g/mol. The number of para-hydroxylation sites is 1. The van der Waals surface area contributed by atoms with Crippen molar-refractivity contribution in [2.75, 3.05) is 0 Å². The molecule has 0 aliphatic carbocycles. The van der Waals surface area contributed by atoms with Gasteiger partial charge in [-0.05, 0) is 35.6 Å². The van der Waals surface area contributed by atoms with Crippen molar-refractivity contribution in [3.63, 3.8) is 0 Å². The van der Waals surface area contributed by atoms with Crippen LogP contribution < -0.4 is 0 Å². The summed E-state index contributed by atoms with van der Waals surface area (Å²) in [6.07, 6.45) is 3.24. The van der Waals surface area contributed by atoms with Crippen molar-refractivity contribution in [1.29, 1.82) is 0 Å². The molecule has 0 aliphatic heterocycles. The fourth-order valence-corrected chi connectivity index (χ4v) is 1.87. The standard InChI is InChI=1S/C11H11IN2O/c1-8(15)10-4-2-3-5-11(10)14-7-9(12)6-13-14/h2-8,15H,1H3/t8-/m0/s1. The number of aliphatic hydroxyl groups is 1. The maximum Gasteiger partial charge on any atom is 0.0782 e. The van der Waals surface area contributed by atoms with E-state index >= 15 is 0 Å². The Kier molecular flexibility index (Phi) is 3.06. The minimum atomic E-state index is -0.483. The Balaban J connectivity index is 2.52. The lowest BCUT2D eigenvalue weighted by Gasteiger charge is -2.11. The van der Waals surface area contributed by atoms with Crippen molar-refractivity contribution in [1.82, 2.24) is 9.78 Å². The summed E-state index contributed by atoms with van der Waals surface area (Å²) in [5.41, 5.74) is 1.81. The van der Waals surface area contributed by atoms with E-state index in [-0.39, 0.29) is 0 Å². The van der Waals surface area contributed by atoms with Gasteiger partial charge in [-0.3, -0.25) is 0 Å². The Hall–Kier alpha value is -0.880. The Morgan fingerprint density at radius 2 is 2.13 bits per heavy atom. The highest BCUT2D eigenvalue weighted by atomic mass is 127. The van der Waals surface area contributed by atoms with Crippen LogP contribution in [0.4, 0.5) is 0 Å². The van der Waals surface area contributed by atoms with Gasteiger partial charge >= 0.3 is 0 Å². The van der Waals surface area contributed by atoms with Gasteiger partial charge < -0.3 is 5.11 Å². The summed E-state index contributed by atoms with van der Waals surface area (Å²) in [5.74, 6) is 0. The number of benzene rings is 1. The Bertz CT molecular complexity index is 465. The van der Waals surface area contributed by atoms with Crippen LogP contribution in [-0.2, 0) is 0 Å². The van der Waals surface area contributed by atoms with E-state index < -0.39 is 6.10 Å². The normalized spacial score (nSPS) is 12.7. The second kappa shape index (κ2) is 4.32. The third-order valence-electron chi connectivity index (χ3n) is 2.18. The average Bonchev–Trinajstić information content (AvgIpc) is 2.65. The van der Waals surface area contributed by atoms with Crippen molar-refractivity contribution in [2.45, 2.75) is 13.0 Å². The Morgan fingerprint density at radius 1 is 1.40 bits per heavy atom. The molecule has 3 nitrogen and oxygen atoms in total. The zero-order valence-electron chi connectivity index (χ0n) is 8.26. The predicted molar refractivity (Wildman–Crippen MR) is 66.9 cm³/mol. The SMILES string of the molecule is C[C@H](O)c1ccccc1-n1cc(I)cn1. The van der Waals surface area contributed by atoms with Crippen LogP contribution in [-0.4, -0.2) is 14.9 Å². The van der Waals surface area contributed by atoms with Crippen LogP contribution in [0.2, 0.25) is 0 Å².